The van der Waals surface area contributed by atoms with Crippen molar-refractivity contribution >= 4 is 17.4 Å². The third-order valence-electron chi connectivity index (χ3n) is 4.98. The van der Waals surface area contributed by atoms with Crippen molar-refractivity contribution in [3.8, 4) is 17.0 Å². The molecule has 0 spiro atoms. The molecule has 0 saturated heterocycles. The summed E-state index contributed by atoms with van der Waals surface area (Å²) < 4.78 is 7.00. The summed E-state index contributed by atoms with van der Waals surface area (Å²) in [6, 6.07) is 15.3. The monoisotopic (exact) mass is 400 g/mol. The van der Waals surface area contributed by atoms with Gasteiger partial charge in [0.05, 0.1) is 13.3 Å². The maximum Gasteiger partial charge on any atom is 0.256 e. The fourth-order valence-corrected chi connectivity index (χ4v) is 3.20. The van der Waals surface area contributed by atoms with E-state index in [2.05, 4.69) is 36.1 Å². The van der Waals surface area contributed by atoms with Crippen molar-refractivity contribution in [3.05, 3.63) is 78.2 Å². The molecule has 6 heteroatoms. The van der Waals surface area contributed by atoms with E-state index in [1.54, 1.807) is 19.5 Å². The van der Waals surface area contributed by atoms with Crippen LogP contribution < -0.4 is 10.1 Å². The fraction of sp³-hybridized carbons (Fsp3) is 0.208. The number of amides is 1. The Morgan fingerprint density at radius 2 is 1.70 bits per heavy atom. The van der Waals surface area contributed by atoms with E-state index in [9.17, 15) is 4.79 Å². The van der Waals surface area contributed by atoms with Gasteiger partial charge in [-0.25, -0.2) is 9.97 Å². The van der Waals surface area contributed by atoms with Gasteiger partial charge in [0.1, 0.15) is 5.65 Å². The lowest BCUT2D eigenvalue weighted by Crippen LogP contribution is -2.14. The minimum atomic E-state index is -0.182. The minimum Gasteiger partial charge on any atom is -0.481 e. The number of nitrogens with zero attached hydrogens (tertiary/aromatic N) is 3. The van der Waals surface area contributed by atoms with Crippen molar-refractivity contribution in [2.45, 2.75) is 26.2 Å². The maximum atomic E-state index is 12.6. The highest BCUT2D eigenvalue weighted by molar-refractivity contribution is 6.03. The number of imidazole rings is 1. The van der Waals surface area contributed by atoms with Crippen molar-refractivity contribution < 1.29 is 9.53 Å². The molecule has 0 unspecified atom stereocenters. The zero-order valence-electron chi connectivity index (χ0n) is 17.5. The van der Waals surface area contributed by atoms with Gasteiger partial charge in [-0.3, -0.25) is 4.79 Å². The van der Waals surface area contributed by atoms with Crippen molar-refractivity contribution in [1.29, 1.82) is 0 Å². The Balaban J connectivity index is 1.54. The lowest BCUT2D eigenvalue weighted by molar-refractivity contribution is 0.102. The summed E-state index contributed by atoms with van der Waals surface area (Å²) in [5.74, 6) is 0.895. The van der Waals surface area contributed by atoms with Crippen LogP contribution in [0.3, 0.4) is 0 Å². The number of carbonyl (C=O) groups is 1. The second-order valence-corrected chi connectivity index (χ2v) is 8.18. The molecule has 6 nitrogen and oxygen atoms in total. The quantitative estimate of drug-likeness (QED) is 0.526. The first-order valence-electron chi connectivity index (χ1n) is 9.74. The molecule has 3 aromatic heterocycles. The van der Waals surface area contributed by atoms with Crippen LogP contribution in [-0.2, 0) is 5.41 Å². The van der Waals surface area contributed by atoms with Crippen LogP contribution in [0.15, 0.2) is 67.1 Å². The molecule has 0 bridgehead atoms. The largest absolute Gasteiger partial charge is 0.481 e. The third kappa shape index (κ3) is 4.03. The number of ether oxygens (including phenoxy) is 1. The molecule has 152 valence electrons. The molecule has 0 saturated carbocycles. The average molecular weight is 400 g/mol. The summed E-state index contributed by atoms with van der Waals surface area (Å²) in [4.78, 5) is 21.4. The molecule has 0 atom stereocenters. The molecule has 1 amide bonds. The van der Waals surface area contributed by atoms with Gasteiger partial charge >= 0.3 is 0 Å². The number of nitrogens with one attached hydrogen (secondary N) is 1. The van der Waals surface area contributed by atoms with Crippen molar-refractivity contribution in [2.24, 2.45) is 0 Å². The lowest BCUT2D eigenvalue weighted by atomic mass is 9.87. The molecule has 1 aromatic carbocycles. The number of aromatic nitrogens is 3. The Bertz CT molecular complexity index is 1190. The summed E-state index contributed by atoms with van der Waals surface area (Å²) >= 11 is 0. The molecule has 30 heavy (non-hydrogen) atoms. The Morgan fingerprint density at radius 1 is 0.967 bits per heavy atom. The van der Waals surface area contributed by atoms with E-state index in [4.69, 9.17) is 4.74 Å². The molecule has 4 aromatic rings. The minimum absolute atomic E-state index is 0.0493. The van der Waals surface area contributed by atoms with Crippen LogP contribution in [0, 0.1) is 0 Å². The molecular formula is C24H24N4O2. The first kappa shape index (κ1) is 19.6. The molecule has 0 aliphatic heterocycles. The number of rotatable bonds is 4. The number of hydrogen-bond acceptors (Lipinski definition) is 4. The summed E-state index contributed by atoms with van der Waals surface area (Å²) in [5.41, 5.74) is 4.55. The van der Waals surface area contributed by atoms with Gasteiger partial charge < -0.3 is 14.5 Å². The first-order valence-corrected chi connectivity index (χ1v) is 9.74. The number of methoxy groups -OCH3 is 1. The lowest BCUT2D eigenvalue weighted by Gasteiger charge is -2.18. The maximum absolute atomic E-state index is 12.6. The summed E-state index contributed by atoms with van der Waals surface area (Å²) in [6.07, 6.45) is 5.53. The van der Waals surface area contributed by atoms with Crippen molar-refractivity contribution in [3.63, 3.8) is 0 Å². The van der Waals surface area contributed by atoms with Crippen LogP contribution >= 0.6 is 0 Å². The third-order valence-corrected chi connectivity index (χ3v) is 4.98. The highest BCUT2D eigenvalue weighted by Crippen LogP contribution is 2.24. The molecule has 0 radical (unpaired) electrons. The van der Waals surface area contributed by atoms with E-state index in [1.807, 2.05) is 59.1 Å². The number of anilines is 1. The van der Waals surface area contributed by atoms with Crippen LogP contribution in [-0.4, -0.2) is 27.4 Å². The molecule has 0 fully saturated rings. The summed E-state index contributed by atoms with van der Waals surface area (Å²) in [6.45, 7) is 6.44. The van der Waals surface area contributed by atoms with Gasteiger partial charge in [-0.05, 0) is 46.9 Å². The van der Waals surface area contributed by atoms with E-state index in [1.165, 1.54) is 5.56 Å². The van der Waals surface area contributed by atoms with E-state index >= 15 is 0 Å². The Morgan fingerprint density at radius 3 is 2.33 bits per heavy atom. The van der Waals surface area contributed by atoms with E-state index < -0.39 is 0 Å². The van der Waals surface area contributed by atoms with Gasteiger partial charge in [0, 0.05) is 29.6 Å². The highest BCUT2D eigenvalue weighted by atomic mass is 16.5. The number of hydrogen-bond donors (Lipinski definition) is 1. The van der Waals surface area contributed by atoms with Crippen LogP contribution in [0.2, 0.25) is 0 Å². The van der Waals surface area contributed by atoms with Crippen LogP contribution in [0.1, 0.15) is 36.7 Å². The molecule has 1 N–H and O–H groups in total. The fourth-order valence-electron chi connectivity index (χ4n) is 3.20. The SMILES string of the molecule is COc1ccc(-c2ccc3nc(NC(=O)c4ccc(C(C)(C)C)cc4)cn3c2)cn1. The van der Waals surface area contributed by atoms with Gasteiger partial charge in [-0.1, -0.05) is 32.9 Å². The topological polar surface area (TPSA) is 68.5 Å². The molecular weight excluding hydrogens is 376 g/mol. The predicted molar refractivity (Wildman–Crippen MR) is 118 cm³/mol. The van der Waals surface area contributed by atoms with Gasteiger partial charge in [0.25, 0.3) is 5.91 Å². The second kappa shape index (κ2) is 7.63. The van der Waals surface area contributed by atoms with Crippen LogP contribution in [0.4, 0.5) is 5.82 Å². The summed E-state index contributed by atoms with van der Waals surface area (Å²) in [7, 11) is 1.59. The van der Waals surface area contributed by atoms with Crippen molar-refractivity contribution in [1.82, 2.24) is 14.4 Å². The standard InChI is InChI=1S/C24H24N4O2/c1-24(2,3)19-9-5-16(6-10-19)23(29)27-20-15-28-14-18(7-11-21(28)26-20)17-8-12-22(30-4)25-13-17/h5-15H,1-4H3,(H,27,29). The smallest absolute Gasteiger partial charge is 0.256 e. The van der Waals surface area contributed by atoms with Gasteiger partial charge in [-0.15, -0.1) is 0 Å². The molecule has 4 rings (SSSR count). The Hall–Kier alpha value is -3.67. The average Bonchev–Trinajstić information content (AvgIpc) is 3.14. The number of carbonyl (C=O) groups excluding carboxylic acids is 1. The molecule has 0 aliphatic carbocycles. The number of benzene rings is 1. The summed E-state index contributed by atoms with van der Waals surface area (Å²) in [5, 5.41) is 2.88. The van der Waals surface area contributed by atoms with Gasteiger partial charge in [-0.2, -0.15) is 0 Å². The first-order chi connectivity index (χ1) is 14.3. The van der Waals surface area contributed by atoms with Gasteiger partial charge in [0.2, 0.25) is 5.88 Å². The predicted octanol–water partition coefficient (Wildman–Crippen LogP) is 4.95. The zero-order valence-corrected chi connectivity index (χ0v) is 17.5. The van der Waals surface area contributed by atoms with Crippen molar-refractivity contribution in [2.75, 3.05) is 12.4 Å². The van der Waals surface area contributed by atoms with E-state index in [-0.39, 0.29) is 11.3 Å². The molecule has 3 heterocycles. The highest BCUT2D eigenvalue weighted by Gasteiger charge is 2.15. The number of fused-ring (bicyclic) bond motifs is 1. The van der Waals surface area contributed by atoms with E-state index in [0.29, 0.717) is 17.3 Å². The Labute approximate surface area is 175 Å². The van der Waals surface area contributed by atoms with E-state index in [0.717, 1.165) is 16.8 Å². The zero-order chi connectivity index (χ0) is 21.3. The second-order valence-electron chi connectivity index (χ2n) is 8.18. The normalized spacial score (nSPS) is 11.5. The molecule has 0 aliphatic rings. The Kier molecular flexibility index (Phi) is 4.99. The van der Waals surface area contributed by atoms with Gasteiger partial charge in [0.15, 0.2) is 5.82 Å². The number of pyridine rings is 2. The van der Waals surface area contributed by atoms with Crippen LogP contribution in [0.25, 0.3) is 16.8 Å². The van der Waals surface area contributed by atoms with Crippen LogP contribution in [0.5, 0.6) is 5.88 Å².